The summed E-state index contributed by atoms with van der Waals surface area (Å²) < 4.78 is 63.5. The second-order valence-electron chi connectivity index (χ2n) is 7.27. The van der Waals surface area contributed by atoms with Gasteiger partial charge < -0.3 is 5.32 Å². The lowest BCUT2D eigenvalue weighted by Gasteiger charge is -2.17. The Kier molecular flexibility index (Phi) is 7.25. The minimum absolute atomic E-state index is 0.0758. The molecule has 0 aliphatic rings. The summed E-state index contributed by atoms with van der Waals surface area (Å²) in [6.45, 7) is 1.69. The Bertz CT molecular complexity index is 1310. The van der Waals surface area contributed by atoms with Crippen molar-refractivity contribution in [3.63, 3.8) is 0 Å². The molecule has 1 amide bonds. The molecule has 1 atom stereocenters. The van der Waals surface area contributed by atoms with Crippen molar-refractivity contribution in [1.82, 2.24) is 4.98 Å². The molecule has 1 heterocycles. The molecule has 1 unspecified atom stereocenters. The normalized spacial score (nSPS) is 12.9. The number of anilines is 1. The number of hydrogen-bond acceptors (Lipinski definition) is 5. The number of nitrogens with zero attached hydrogens (tertiary/aromatic N) is 1. The minimum atomic E-state index is -4.53. The molecule has 1 N–H and O–H groups in total. The number of nitrogens with one attached hydrogen (secondary N) is 1. The molecule has 0 fully saturated rings. The molecule has 0 aliphatic heterocycles. The maximum atomic E-state index is 13.2. The van der Waals surface area contributed by atoms with Crippen LogP contribution in [0.25, 0.3) is 11.1 Å². The van der Waals surface area contributed by atoms with Crippen LogP contribution >= 0.6 is 28.6 Å². The number of benzene rings is 2. The van der Waals surface area contributed by atoms with E-state index >= 15 is 0 Å². The monoisotopic (exact) mass is 558 g/mol. The Morgan fingerprint density at radius 1 is 1.15 bits per heavy atom. The van der Waals surface area contributed by atoms with E-state index in [1.165, 1.54) is 42.6 Å². The molecule has 3 aromatic rings. The second kappa shape index (κ2) is 9.47. The topological polar surface area (TPSA) is 76.1 Å². The second-order valence-corrected chi connectivity index (χ2v) is 10.7. The van der Waals surface area contributed by atoms with Gasteiger partial charge >= 0.3 is 6.18 Å². The van der Waals surface area contributed by atoms with Crippen molar-refractivity contribution in [2.45, 2.75) is 23.2 Å². The van der Waals surface area contributed by atoms with Crippen LogP contribution in [0.15, 0.2) is 64.1 Å². The minimum Gasteiger partial charge on any atom is -0.309 e. The number of pyridine rings is 1. The predicted octanol–water partition coefficient (Wildman–Crippen LogP) is 5.85. The largest absolute Gasteiger partial charge is 0.416 e. The van der Waals surface area contributed by atoms with Gasteiger partial charge in [0.25, 0.3) is 0 Å². The summed E-state index contributed by atoms with van der Waals surface area (Å²) in [7, 11) is -3.39. The molecule has 1 aromatic heterocycles. The summed E-state index contributed by atoms with van der Waals surface area (Å²) in [6.07, 6.45) is -2.01. The van der Waals surface area contributed by atoms with Crippen molar-refractivity contribution in [1.29, 1.82) is 0 Å². The highest BCUT2D eigenvalue weighted by atomic mass is 79.9. The van der Waals surface area contributed by atoms with Gasteiger partial charge in [0, 0.05) is 22.5 Å². The lowest BCUT2D eigenvalue weighted by atomic mass is 9.99. The van der Waals surface area contributed by atoms with E-state index in [1.54, 1.807) is 6.92 Å². The number of amides is 1. The number of halogens is 4. The zero-order valence-corrected chi connectivity index (χ0v) is 20.6. The van der Waals surface area contributed by atoms with E-state index in [1.807, 2.05) is 0 Å². The number of thiol groups is 1. The number of alkyl halides is 3. The van der Waals surface area contributed by atoms with Gasteiger partial charge in [-0.3, -0.25) is 4.79 Å². The van der Waals surface area contributed by atoms with Crippen LogP contribution in [-0.4, -0.2) is 25.6 Å². The van der Waals surface area contributed by atoms with Crippen LogP contribution in [0.4, 0.5) is 19.0 Å². The smallest absolute Gasteiger partial charge is 0.309 e. The molecule has 0 bridgehead atoms. The van der Waals surface area contributed by atoms with Crippen LogP contribution in [0.5, 0.6) is 0 Å². The van der Waals surface area contributed by atoms with E-state index in [0.29, 0.717) is 21.2 Å². The molecule has 2 aromatic carbocycles. The lowest BCUT2D eigenvalue weighted by molar-refractivity contribution is -0.137. The fraction of sp³-hybridized carbons (Fsp3) is 0.182. The van der Waals surface area contributed by atoms with E-state index in [4.69, 9.17) is 0 Å². The highest BCUT2D eigenvalue weighted by Crippen LogP contribution is 2.38. The van der Waals surface area contributed by atoms with Gasteiger partial charge in [0.2, 0.25) is 5.91 Å². The van der Waals surface area contributed by atoms with Gasteiger partial charge in [0.1, 0.15) is 11.1 Å². The van der Waals surface area contributed by atoms with Crippen LogP contribution in [0.3, 0.4) is 0 Å². The molecule has 3 rings (SSSR count). The average Bonchev–Trinajstić information content (AvgIpc) is 2.75. The summed E-state index contributed by atoms with van der Waals surface area (Å²) in [4.78, 5) is 17.2. The third kappa shape index (κ3) is 5.77. The summed E-state index contributed by atoms with van der Waals surface area (Å²) >= 11 is 7.65. The Balaban J connectivity index is 1.96. The summed E-state index contributed by atoms with van der Waals surface area (Å²) in [5.41, 5.74) is 0.775. The molecule has 5 nitrogen and oxygen atoms in total. The van der Waals surface area contributed by atoms with Gasteiger partial charge in [-0.1, -0.05) is 24.3 Å². The Morgan fingerprint density at radius 3 is 2.36 bits per heavy atom. The first-order chi connectivity index (χ1) is 15.3. The summed E-state index contributed by atoms with van der Waals surface area (Å²) in [5.74, 6) is -0.500. The highest BCUT2D eigenvalue weighted by molar-refractivity contribution is 9.10. The van der Waals surface area contributed by atoms with E-state index in [-0.39, 0.29) is 16.3 Å². The van der Waals surface area contributed by atoms with E-state index < -0.39 is 32.7 Å². The SMILES string of the molecule is Cc1c(Br)cnc(NC(=O)C(S)c2ccc(S(C)(=O)=O)cc2)c1-c1cccc(C(F)(F)F)c1. The maximum Gasteiger partial charge on any atom is 0.416 e. The Hall–Kier alpha value is -2.37. The van der Waals surface area contributed by atoms with Crippen molar-refractivity contribution in [3.8, 4) is 11.1 Å². The van der Waals surface area contributed by atoms with Crippen molar-refractivity contribution in [2.75, 3.05) is 11.6 Å². The van der Waals surface area contributed by atoms with Crippen molar-refractivity contribution >= 4 is 50.1 Å². The third-order valence-electron chi connectivity index (χ3n) is 4.87. The molecule has 0 spiro atoms. The third-order valence-corrected chi connectivity index (χ3v) is 7.33. The van der Waals surface area contributed by atoms with Crippen molar-refractivity contribution in [2.24, 2.45) is 0 Å². The number of sulfone groups is 1. The molecule has 0 aliphatic carbocycles. The number of carbonyl (C=O) groups excluding carboxylic acids is 1. The standard InChI is InChI=1S/C22H18BrF3N2O3S2/c1-12-17(23)11-27-20(18(12)14-4-3-5-15(10-14)22(24,25)26)28-21(29)19(32)13-6-8-16(9-7-13)33(2,30)31/h3-11,19,32H,1-2H3,(H,27,28,29). The average molecular weight is 559 g/mol. The zero-order chi connectivity index (χ0) is 24.6. The van der Waals surface area contributed by atoms with Crippen LogP contribution in [0.1, 0.15) is 21.9 Å². The summed E-state index contributed by atoms with van der Waals surface area (Å²) in [6, 6.07) is 10.4. The van der Waals surface area contributed by atoms with Gasteiger partial charge in [-0.25, -0.2) is 13.4 Å². The molecule has 0 radical (unpaired) electrons. The maximum absolute atomic E-state index is 13.2. The van der Waals surface area contributed by atoms with E-state index in [2.05, 4.69) is 38.9 Å². The number of carbonyl (C=O) groups is 1. The quantitative estimate of drug-likeness (QED) is 0.385. The first-order valence-electron chi connectivity index (χ1n) is 9.40. The van der Waals surface area contributed by atoms with E-state index in [9.17, 15) is 26.4 Å². The van der Waals surface area contributed by atoms with Crippen LogP contribution < -0.4 is 5.32 Å². The number of hydrogen-bond donors (Lipinski definition) is 2. The molecular formula is C22H18BrF3N2O3S2. The van der Waals surface area contributed by atoms with Crippen LogP contribution in [0.2, 0.25) is 0 Å². The Morgan fingerprint density at radius 2 is 1.79 bits per heavy atom. The molecule has 0 saturated heterocycles. The fourth-order valence-electron chi connectivity index (χ4n) is 3.11. The van der Waals surface area contributed by atoms with Gasteiger partial charge in [-0.2, -0.15) is 25.8 Å². The number of aromatic nitrogens is 1. The van der Waals surface area contributed by atoms with Crippen molar-refractivity contribution < 1.29 is 26.4 Å². The Labute approximate surface area is 202 Å². The first kappa shape index (κ1) is 25.3. The molecule has 0 saturated carbocycles. The summed E-state index contributed by atoms with van der Waals surface area (Å²) in [5, 5.41) is 1.66. The molecule has 174 valence electrons. The van der Waals surface area contributed by atoms with Gasteiger partial charge in [0.05, 0.1) is 10.5 Å². The molecule has 11 heteroatoms. The fourth-order valence-corrected chi connectivity index (χ4v) is 4.28. The number of rotatable bonds is 5. The molecule has 33 heavy (non-hydrogen) atoms. The van der Waals surface area contributed by atoms with Gasteiger partial charge in [-0.15, -0.1) is 0 Å². The van der Waals surface area contributed by atoms with Gasteiger partial charge in [0.15, 0.2) is 9.84 Å². The zero-order valence-electron chi connectivity index (χ0n) is 17.3. The van der Waals surface area contributed by atoms with Crippen LogP contribution in [-0.2, 0) is 20.8 Å². The first-order valence-corrected chi connectivity index (χ1v) is 12.6. The van der Waals surface area contributed by atoms with Crippen molar-refractivity contribution in [3.05, 3.63) is 75.9 Å². The van der Waals surface area contributed by atoms with E-state index in [0.717, 1.165) is 18.4 Å². The van der Waals surface area contributed by atoms with Gasteiger partial charge in [-0.05, 0) is 63.8 Å². The van der Waals surface area contributed by atoms with Crippen LogP contribution in [0, 0.1) is 6.92 Å². The highest BCUT2D eigenvalue weighted by Gasteiger charge is 2.31. The lowest BCUT2D eigenvalue weighted by Crippen LogP contribution is -2.19. The molecular weight excluding hydrogens is 541 g/mol. The predicted molar refractivity (Wildman–Crippen MR) is 127 cm³/mol.